The quantitative estimate of drug-likeness (QED) is 0.741. The Hall–Kier alpha value is -3.72. The fourth-order valence-corrected chi connectivity index (χ4v) is 2.91. The Kier molecular flexibility index (Phi) is 5.13. The third-order valence-electron chi connectivity index (χ3n) is 4.24. The highest BCUT2D eigenvalue weighted by atomic mass is 16.5. The number of hydrogen-bond donors (Lipinski definition) is 1. The van der Waals surface area contributed by atoms with E-state index in [0.717, 1.165) is 5.56 Å². The number of nitriles is 1. The highest BCUT2D eigenvalue weighted by molar-refractivity contribution is 5.84. The molecular formula is C21H19N3O3. The standard InChI is InChI=1S/C21H19N3O3/c1-25-13-8-9-20(27-3)16(10-13)18-11-15(17(12-22)21(23)24-18)14-6-4-5-7-19(14)26-2/h4-11H,1-3H3,(H2,23,24). The SMILES string of the molecule is COc1ccc(OC)c(-c2cc(-c3ccccc3OC)c(C#N)c(N)n2)c1. The van der Waals surface area contributed by atoms with E-state index in [0.29, 0.717) is 39.6 Å². The maximum absolute atomic E-state index is 9.61. The van der Waals surface area contributed by atoms with Crippen LogP contribution in [0, 0.1) is 11.3 Å². The second-order valence-electron chi connectivity index (χ2n) is 5.69. The number of methoxy groups -OCH3 is 3. The molecule has 0 unspecified atom stereocenters. The summed E-state index contributed by atoms with van der Waals surface area (Å²) in [5, 5.41) is 9.61. The van der Waals surface area contributed by atoms with Crippen LogP contribution in [0.5, 0.6) is 17.2 Å². The van der Waals surface area contributed by atoms with Gasteiger partial charge in [0.25, 0.3) is 0 Å². The van der Waals surface area contributed by atoms with Gasteiger partial charge < -0.3 is 19.9 Å². The maximum atomic E-state index is 9.61. The molecule has 0 aliphatic carbocycles. The summed E-state index contributed by atoms with van der Waals surface area (Å²) in [5.74, 6) is 2.07. The van der Waals surface area contributed by atoms with Gasteiger partial charge in [0, 0.05) is 16.7 Å². The summed E-state index contributed by atoms with van der Waals surface area (Å²) in [4.78, 5) is 4.42. The minimum atomic E-state index is 0.140. The molecule has 0 bridgehead atoms. The summed E-state index contributed by atoms with van der Waals surface area (Å²) in [5.41, 5.74) is 9.09. The lowest BCUT2D eigenvalue weighted by Crippen LogP contribution is -2.01. The van der Waals surface area contributed by atoms with Gasteiger partial charge in [0.05, 0.1) is 27.0 Å². The van der Waals surface area contributed by atoms with E-state index in [1.54, 1.807) is 33.5 Å². The summed E-state index contributed by atoms with van der Waals surface area (Å²) in [6, 6.07) is 16.8. The summed E-state index contributed by atoms with van der Waals surface area (Å²) >= 11 is 0. The van der Waals surface area contributed by atoms with E-state index in [-0.39, 0.29) is 5.82 Å². The molecule has 0 aliphatic rings. The topological polar surface area (TPSA) is 90.4 Å². The van der Waals surface area contributed by atoms with Crippen molar-refractivity contribution in [1.29, 1.82) is 5.26 Å². The van der Waals surface area contributed by atoms with Crippen LogP contribution in [-0.4, -0.2) is 26.3 Å². The number of pyridine rings is 1. The molecule has 0 atom stereocenters. The van der Waals surface area contributed by atoms with Gasteiger partial charge in [-0.25, -0.2) is 4.98 Å². The van der Waals surface area contributed by atoms with Crippen molar-refractivity contribution in [3.8, 4) is 45.7 Å². The van der Waals surface area contributed by atoms with Gasteiger partial charge in [0.1, 0.15) is 34.7 Å². The Morgan fingerprint density at radius 1 is 0.852 bits per heavy atom. The number of nitrogen functional groups attached to an aromatic ring is 1. The predicted molar refractivity (Wildman–Crippen MR) is 104 cm³/mol. The Labute approximate surface area is 157 Å². The maximum Gasteiger partial charge on any atom is 0.142 e. The lowest BCUT2D eigenvalue weighted by molar-refractivity contribution is 0.404. The molecule has 6 nitrogen and oxygen atoms in total. The van der Waals surface area contributed by atoms with Gasteiger partial charge in [0.15, 0.2) is 0 Å². The number of benzene rings is 2. The van der Waals surface area contributed by atoms with E-state index in [9.17, 15) is 5.26 Å². The van der Waals surface area contributed by atoms with E-state index in [2.05, 4.69) is 11.1 Å². The fraction of sp³-hybridized carbons (Fsp3) is 0.143. The summed E-state index contributed by atoms with van der Waals surface area (Å²) in [6.45, 7) is 0. The van der Waals surface area contributed by atoms with Crippen LogP contribution < -0.4 is 19.9 Å². The molecule has 2 N–H and O–H groups in total. The molecule has 0 fully saturated rings. The molecule has 0 spiro atoms. The smallest absolute Gasteiger partial charge is 0.142 e. The van der Waals surface area contributed by atoms with Crippen LogP contribution in [0.1, 0.15) is 5.56 Å². The van der Waals surface area contributed by atoms with Crippen molar-refractivity contribution in [3.05, 3.63) is 54.1 Å². The van der Waals surface area contributed by atoms with Crippen LogP contribution in [0.3, 0.4) is 0 Å². The molecule has 0 amide bonds. The highest BCUT2D eigenvalue weighted by Crippen LogP contribution is 2.39. The number of nitrogens with zero attached hydrogens (tertiary/aromatic N) is 2. The molecule has 2 aromatic carbocycles. The van der Waals surface area contributed by atoms with Crippen molar-refractivity contribution in [1.82, 2.24) is 4.98 Å². The minimum Gasteiger partial charge on any atom is -0.497 e. The first-order valence-electron chi connectivity index (χ1n) is 8.19. The molecule has 3 rings (SSSR count). The average Bonchev–Trinajstić information content (AvgIpc) is 2.72. The third kappa shape index (κ3) is 3.35. The van der Waals surface area contributed by atoms with Gasteiger partial charge >= 0.3 is 0 Å². The second kappa shape index (κ2) is 7.67. The molecule has 1 aromatic heterocycles. The molecule has 27 heavy (non-hydrogen) atoms. The number of para-hydroxylation sites is 1. The predicted octanol–water partition coefficient (Wildman–Crippen LogP) is 3.90. The van der Waals surface area contributed by atoms with Crippen LogP contribution in [0.4, 0.5) is 5.82 Å². The zero-order valence-electron chi connectivity index (χ0n) is 15.3. The molecule has 3 aromatic rings. The minimum absolute atomic E-state index is 0.140. The Morgan fingerprint density at radius 3 is 2.22 bits per heavy atom. The van der Waals surface area contributed by atoms with Gasteiger partial charge in [-0.15, -0.1) is 0 Å². The largest absolute Gasteiger partial charge is 0.497 e. The first-order valence-corrected chi connectivity index (χ1v) is 8.19. The van der Waals surface area contributed by atoms with Crippen molar-refractivity contribution in [2.45, 2.75) is 0 Å². The van der Waals surface area contributed by atoms with E-state index in [1.807, 2.05) is 36.4 Å². The van der Waals surface area contributed by atoms with Gasteiger partial charge in [-0.1, -0.05) is 18.2 Å². The molecule has 0 saturated carbocycles. The number of rotatable bonds is 5. The molecule has 1 heterocycles. The fourth-order valence-electron chi connectivity index (χ4n) is 2.91. The Bertz CT molecular complexity index is 1030. The third-order valence-corrected chi connectivity index (χ3v) is 4.24. The van der Waals surface area contributed by atoms with Gasteiger partial charge in [-0.3, -0.25) is 0 Å². The first kappa shape index (κ1) is 18.1. The zero-order chi connectivity index (χ0) is 19.4. The van der Waals surface area contributed by atoms with Gasteiger partial charge in [-0.05, 0) is 30.3 Å². The highest BCUT2D eigenvalue weighted by Gasteiger charge is 2.18. The molecule has 0 radical (unpaired) electrons. The van der Waals surface area contributed by atoms with Crippen LogP contribution >= 0.6 is 0 Å². The summed E-state index contributed by atoms with van der Waals surface area (Å²) in [7, 11) is 4.76. The van der Waals surface area contributed by atoms with E-state index >= 15 is 0 Å². The second-order valence-corrected chi connectivity index (χ2v) is 5.69. The van der Waals surface area contributed by atoms with Crippen molar-refractivity contribution in [3.63, 3.8) is 0 Å². The first-order chi connectivity index (χ1) is 13.1. The number of anilines is 1. The number of aromatic nitrogens is 1. The summed E-state index contributed by atoms with van der Waals surface area (Å²) < 4.78 is 16.2. The lowest BCUT2D eigenvalue weighted by Gasteiger charge is -2.15. The number of nitrogens with two attached hydrogens (primary N) is 1. The monoisotopic (exact) mass is 361 g/mol. The molecular weight excluding hydrogens is 342 g/mol. The van der Waals surface area contributed by atoms with Crippen LogP contribution in [-0.2, 0) is 0 Å². The number of hydrogen-bond acceptors (Lipinski definition) is 6. The Balaban J connectivity index is 2.30. The van der Waals surface area contributed by atoms with Crippen LogP contribution in [0.15, 0.2) is 48.5 Å². The molecule has 136 valence electrons. The molecule has 0 aliphatic heterocycles. The van der Waals surface area contributed by atoms with Gasteiger partial charge in [-0.2, -0.15) is 5.26 Å². The molecule has 0 saturated heterocycles. The Morgan fingerprint density at radius 2 is 1.56 bits per heavy atom. The number of ether oxygens (including phenoxy) is 3. The summed E-state index contributed by atoms with van der Waals surface area (Å²) in [6.07, 6.45) is 0. The van der Waals surface area contributed by atoms with Crippen LogP contribution in [0.25, 0.3) is 22.4 Å². The van der Waals surface area contributed by atoms with Crippen molar-refractivity contribution < 1.29 is 14.2 Å². The molecule has 6 heteroatoms. The van der Waals surface area contributed by atoms with Crippen molar-refractivity contribution >= 4 is 5.82 Å². The van der Waals surface area contributed by atoms with E-state index in [1.165, 1.54) is 0 Å². The zero-order valence-corrected chi connectivity index (χ0v) is 15.3. The normalized spacial score (nSPS) is 10.1. The van der Waals surface area contributed by atoms with Gasteiger partial charge in [0.2, 0.25) is 0 Å². The lowest BCUT2D eigenvalue weighted by atomic mass is 9.97. The average molecular weight is 361 g/mol. The van der Waals surface area contributed by atoms with Crippen molar-refractivity contribution in [2.24, 2.45) is 0 Å². The van der Waals surface area contributed by atoms with Crippen molar-refractivity contribution in [2.75, 3.05) is 27.1 Å². The van der Waals surface area contributed by atoms with Crippen LogP contribution in [0.2, 0.25) is 0 Å². The van der Waals surface area contributed by atoms with E-state index in [4.69, 9.17) is 19.9 Å². The van der Waals surface area contributed by atoms with E-state index < -0.39 is 0 Å².